The highest BCUT2D eigenvalue weighted by molar-refractivity contribution is 14.1. The van der Waals surface area contributed by atoms with Crippen molar-refractivity contribution in [3.05, 3.63) is 62.0 Å². The fourth-order valence-electron chi connectivity index (χ4n) is 1.54. The second kappa shape index (κ2) is 5.92. The van der Waals surface area contributed by atoms with Gasteiger partial charge in [0, 0.05) is 28.1 Å². The molecule has 0 saturated heterocycles. The van der Waals surface area contributed by atoms with E-state index in [1.807, 2.05) is 22.6 Å². The van der Waals surface area contributed by atoms with E-state index in [9.17, 15) is 14.9 Å². The van der Waals surface area contributed by atoms with Gasteiger partial charge in [0.25, 0.3) is 11.6 Å². The maximum absolute atomic E-state index is 12.3. The van der Waals surface area contributed by atoms with E-state index in [0.29, 0.717) is 9.26 Å². The van der Waals surface area contributed by atoms with Gasteiger partial charge in [0.15, 0.2) is 0 Å². The van der Waals surface area contributed by atoms with Gasteiger partial charge in [-0.25, -0.2) is 10.9 Å². The van der Waals surface area contributed by atoms with Gasteiger partial charge in [-0.2, -0.15) is 0 Å². The van der Waals surface area contributed by atoms with Gasteiger partial charge in [0.2, 0.25) is 0 Å². The number of hydrazine groups is 1. The highest BCUT2D eigenvalue weighted by atomic mass is 127. The fraction of sp³-hybridized carbons (Fsp3) is 0. The molecule has 0 aliphatic heterocycles. The van der Waals surface area contributed by atoms with Crippen LogP contribution in [-0.4, -0.2) is 15.8 Å². The summed E-state index contributed by atoms with van der Waals surface area (Å²) in [5, 5.41) is 11.7. The number of anilines is 1. The number of pyridine rings is 1. The molecule has 2 N–H and O–H groups in total. The summed E-state index contributed by atoms with van der Waals surface area (Å²) in [7, 11) is 0. The number of rotatable bonds is 3. The normalized spacial score (nSPS) is 10.1. The molecule has 0 atom stereocenters. The maximum atomic E-state index is 12.3. The van der Waals surface area contributed by atoms with Crippen LogP contribution in [0.3, 0.4) is 0 Å². The first-order valence-corrected chi connectivity index (χ1v) is 6.51. The Hall–Kier alpha value is -2.07. The highest BCUT2D eigenvalue weighted by Crippen LogP contribution is 2.22. The number of amides is 1. The molecule has 102 valence electrons. The zero-order valence-corrected chi connectivity index (χ0v) is 12.2. The first-order valence-electron chi connectivity index (χ1n) is 5.44. The lowest BCUT2D eigenvalue weighted by Gasteiger charge is -2.17. The molecule has 0 aliphatic carbocycles. The van der Waals surface area contributed by atoms with Crippen molar-refractivity contribution in [2.75, 3.05) is 5.01 Å². The van der Waals surface area contributed by atoms with E-state index in [0.717, 1.165) is 5.01 Å². The summed E-state index contributed by atoms with van der Waals surface area (Å²) >= 11 is 1.93. The van der Waals surface area contributed by atoms with E-state index in [2.05, 4.69) is 4.98 Å². The lowest BCUT2D eigenvalue weighted by molar-refractivity contribution is -0.384. The van der Waals surface area contributed by atoms with Crippen LogP contribution in [-0.2, 0) is 0 Å². The summed E-state index contributed by atoms with van der Waals surface area (Å²) in [6.07, 6.45) is 3.00. The van der Waals surface area contributed by atoms with Gasteiger partial charge in [-0.15, -0.1) is 0 Å². The third kappa shape index (κ3) is 2.91. The van der Waals surface area contributed by atoms with E-state index in [4.69, 9.17) is 5.84 Å². The number of hydrogen-bond donors (Lipinski definition) is 1. The first-order chi connectivity index (χ1) is 9.50. The number of carbonyl (C=O) groups excluding carboxylic acids is 1. The lowest BCUT2D eigenvalue weighted by Crippen LogP contribution is -2.37. The first kappa shape index (κ1) is 14.3. The van der Waals surface area contributed by atoms with E-state index < -0.39 is 10.8 Å². The van der Waals surface area contributed by atoms with Crippen LogP contribution in [0.5, 0.6) is 0 Å². The van der Waals surface area contributed by atoms with Crippen molar-refractivity contribution in [2.45, 2.75) is 0 Å². The largest absolute Gasteiger partial charge is 0.273 e. The maximum Gasteiger partial charge on any atom is 0.273 e. The molecule has 2 aromatic rings. The minimum absolute atomic E-state index is 0.156. The van der Waals surface area contributed by atoms with Crippen LogP contribution in [0.2, 0.25) is 0 Å². The van der Waals surface area contributed by atoms with Gasteiger partial charge >= 0.3 is 0 Å². The van der Waals surface area contributed by atoms with Crippen LogP contribution in [0, 0.1) is 13.7 Å². The zero-order chi connectivity index (χ0) is 14.7. The summed E-state index contributed by atoms with van der Waals surface area (Å²) in [6.45, 7) is 0. The molecule has 20 heavy (non-hydrogen) atoms. The van der Waals surface area contributed by atoms with Crippen molar-refractivity contribution >= 4 is 39.9 Å². The Kier molecular flexibility index (Phi) is 4.25. The Morgan fingerprint density at radius 2 is 1.95 bits per heavy atom. The number of nitrogens with zero attached hydrogens (tertiary/aromatic N) is 3. The third-order valence-corrected chi connectivity index (χ3v) is 3.49. The van der Waals surface area contributed by atoms with Gasteiger partial charge < -0.3 is 0 Å². The Labute approximate surface area is 127 Å². The zero-order valence-electron chi connectivity index (χ0n) is 10.1. The van der Waals surface area contributed by atoms with Crippen LogP contribution < -0.4 is 10.9 Å². The molecule has 0 bridgehead atoms. The molecule has 2 rings (SSSR count). The molecule has 1 amide bonds. The summed E-state index contributed by atoms with van der Waals surface area (Å²) in [6, 6.07) is 7.20. The number of nitro groups is 1. The van der Waals surface area contributed by atoms with Crippen LogP contribution in [0.15, 0.2) is 42.7 Å². The molecule has 8 heteroatoms. The molecular formula is C12H9IN4O3. The van der Waals surface area contributed by atoms with Crippen molar-refractivity contribution in [1.82, 2.24) is 4.98 Å². The van der Waals surface area contributed by atoms with E-state index >= 15 is 0 Å². The van der Waals surface area contributed by atoms with Crippen molar-refractivity contribution in [2.24, 2.45) is 5.84 Å². The molecule has 1 aromatic heterocycles. The minimum atomic E-state index is -0.555. The molecule has 7 nitrogen and oxygen atoms in total. The van der Waals surface area contributed by atoms with Crippen molar-refractivity contribution in [1.29, 1.82) is 0 Å². The lowest BCUT2D eigenvalue weighted by atomic mass is 10.2. The Bertz CT molecular complexity index is 663. The van der Waals surface area contributed by atoms with Gasteiger partial charge in [-0.3, -0.25) is 19.9 Å². The van der Waals surface area contributed by atoms with Crippen molar-refractivity contribution < 1.29 is 9.72 Å². The standard InChI is InChI=1S/C12H9IN4O3/c13-11-2-1-9(17(19)20)7-10(11)12(18)16(14)8-3-5-15-6-4-8/h1-7H,14H2. The minimum Gasteiger partial charge on any atom is -0.267 e. The van der Waals surface area contributed by atoms with Crippen LogP contribution in [0.1, 0.15) is 10.4 Å². The average molecular weight is 384 g/mol. The number of non-ortho nitro benzene ring substituents is 1. The summed E-state index contributed by atoms with van der Waals surface area (Å²) in [5.41, 5.74) is 0.475. The molecule has 0 unspecified atom stereocenters. The second-order valence-electron chi connectivity index (χ2n) is 3.80. The van der Waals surface area contributed by atoms with Gasteiger partial charge in [0.1, 0.15) is 0 Å². The Morgan fingerprint density at radius 3 is 2.55 bits per heavy atom. The van der Waals surface area contributed by atoms with E-state index in [1.165, 1.54) is 30.6 Å². The summed E-state index contributed by atoms with van der Waals surface area (Å²) < 4.78 is 0.586. The number of carbonyl (C=O) groups is 1. The molecular weight excluding hydrogens is 375 g/mol. The molecule has 0 fully saturated rings. The number of nitro benzene ring substituents is 1. The monoisotopic (exact) mass is 384 g/mol. The SMILES string of the molecule is NN(C(=O)c1cc([N+](=O)[O-])ccc1I)c1ccncc1. The van der Waals surface area contributed by atoms with Gasteiger partial charge in [0.05, 0.1) is 16.2 Å². The van der Waals surface area contributed by atoms with E-state index in [-0.39, 0.29) is 11.3 Å². The Morgan fingerprint density at radius 1 is 1.30 bits per heavy atom. The van der Waals surface area contributed by atoms with Crippen LogP contribution in [0.25, 0.3) is 0 Å². The summed E-state index contributed by atoms with van der Waals surface area (Å²) in [5.74, 6) is 5.22. The van der Waals surface area contributed by atoms with Gasteiger partial charge in [-0.05, 0) is 40.8 Å². The summed E-state index contributed by atoms with van der Waals surface area (Å²) in [4.78, 5) is 26.3. The molecule has 0 spiro atoms. The van der Waals surface area contributed by atoms with Crippen LogP contribution >= 0.6 is 22.6 Å². The molecule has 0 aliphatic rings. The number of hydrogen-bond acceptors (Lipinski definition) is 5. The molecule has 1 aromatic carbocycles. The second-order valence-corrected chi connectivity index (χ2v) is 4.96. The topological polar surface area (TPSA) is 102 Å². The average Bonchev–Trinajstić information content (AvgIpc) is 2.47. The smallest absolute Gasteiger partial charge is 0.267 e. The number of benzene rings is 1. The Balaban J connectivity index is 2.38. The van der Waals surface area contributed by atoms with Crippen molar-refractivity contribution in [3.8, 4) is 0 Å². The highest BCUT2D eigenvalue weighted by Gasteiger charge is 2.20. The number of nitrogens with two attached hydrogens (primary N) is 1. The predicted molar refractivity (Wildman–Crippen MR) is 81.0 cm³/mol. The molecule has 0 saturated carbocycles. The third-order valence-electron chi connectivity index (χ3n) is 2.55. The molecule has 1 heterocycles. The van der Waals surface area contributed by atoms with Crippen molar-refractivity contribution in [3.63, 3.8) is 0 Å². The van der Waals surface area contributed by atoms with Crippen LogP contribution in [0.4, 0.5) is 11.4 Å². The van der Waals surface area contributed by atoms with E-state index in [1.54, 1.807) is 12.1 Å². The molecule has 0 radical (unpaired) electrons. The number of halogens is 1. The predicted octanol–water partition coefficient (Wildman–Crippen LogP) is 2.11. The fourth-order valence-corrected chi connectivity index (χ4v) is 2.11. The quantitative estimate of drug-likeness (QED) is 0.287. The number of aromatic nitrogens is 1. The van der Waals surface area contributed by atoms with Gasteiger partial charge in [-0.1, -0.05) is 0 Å².